The normalized spacial score (nSPS) is 12.5. The minimum atomic E-state index is 0.907. The molecule has 0 saturated carbocycles. The standard InChI is InChI=1S/C128H70OS/c1-3-20-73(21-4-1)114-109-69-107-91-26-9-7-24-89(91)98-34-19-37-101(121(98)107)123(109)117(127-103-39-17-32-96-86(59-61-104(119(96)103)124(114)127)83-55-52-77-64-78(50-51-79(77)65-83)82-58-63-113-106(68-82)94-29-12-14-41-112(94)130-113)76-48-44-72(45-49-76)71-42-46-75(47-43-71)115-110-70-108-92-27-10-8-25-90(92)97-33-18-36-100(120(97)108)122(110)116(74-22-5-2-6-23-74)126-102-38-16-31-95-87(60-62-105(118(95)102)125(115)126)84-56-53-81-67-85(57-54-80(81)66-84)88-30-15-35-99-93-28-11-13-40-111(93)129-128(88)99/h1-70H. The molecule has 0 amide bonds. The van der Waals surface area contributed by atoms with Crippen LogP contribution in [0.25, 0.3) is 315 Å². The highest BCUT2D eigenvalue weighted by Crippen LogP contribution is 2.59. The lowest BCUT2D eigenvalue weighted by Gasteiger charge is -2.19. The lowest BCUT2D eigenvalue weighted by molar-refractivity contribution is 0.670. The molecule has 1 nitrogen and oxygen atoms in total. The van der Waals surface area contributed by atoms with Crippen LogP contribution in [-0.2, 0) is 0 Å². The first-order chi connectivity index (χ1) is 64.5. The molecular formula is C128H70OS. The van der Waals surface area contributed by atoms with Crippen molar-refractivity contribution >= 4 is 226 Å². The Bertz CT molecular complexity index is 10200. The van der Waals surface area contributed by atoms with Gasteiger partial charge in [-0.3, -0.25) is 0 Å². The lowest BCUT2D eigenvalue weighted by Crippen LogP contribution is -1.92. The monoisotopic (exact) mass is 1650 g/mol. The minimum absolute atomic E-state index is 0.907. The van der Waals surface area contributed by atoms with Crippen LogP contribution in [0.15, 0.2) is 429 Å². The molecule has 0 N–H and O–H groups in total. The van der Waals surface area contributed by atoms with E-state index < -0.39 is 0 Å². The predicted molar refractivity (Wildman–Crippen MR) is 560 cm³/mol. The Morgan fingerprint density at radius 2 is 0.469 bits per heavy atom. The summed E-state index contributed by atoms with van der Waals surface area (Å²) < 4.78 is 9.23. The quantitative estimate of drug-likeness (QED) is 0.131. The largest absolute Gasteiger partial charge is 0.455 e. The number of thiophene rings is 1. The maximum Gasteiger partial charge on any atom is 0.143 e. The summed E-state index contributed by atoms with van der Waals surface area (Å²) in [7, 11) is 0. The van der Waals surface area contributed by atoms with Crippen LogP contribution in [0, 0.1) is 0 Å². The van der Waals surface area contributed by atoms with Gasteiger partial charge in [0.25, 0.3) is 0 Å². The predicted octanol–water partition coefficient (Wildman–Crippen LogP) is 37.2. The van der Waals surface area contributed by atoms with E-state index in [-0.39, 0.29) is 0 Å². The van der Waals surface area contributed by atoms with E-state index >= 15 is 0 Å². The summed E-state index contributed by atoms with van der Waals surface area (Å²) in [5.41, 5.74) is 23.5. The lowest BCUT2D eigenvalue weighted by atomic mass is 9.83. The van der Waals surface area contributed by atoms with E-state index in [0.29, 0.717) is 0 Å². The average Bonchev–Trinajstić information content (AvgIpc) is 1.53. The molecule has 130 heavy (non-hydrogen) atoms. The molecule has 0 fully saturated rings. The summed E-state index contributed by atoms with van der Waals surface area (Å²) in [5, 5.41) is 45.6. The van der Waals surface area contributed by atoms with Gasteiger partial charge in [-0.1, -0.05) is 364 Å². The van der Waals surface area contributed by atoms with Crippen molar-refractivity contribution in [2.24, 2.45) is 0 Å². The first-order valence-corrected chi connectivity index (χ1v) is 46.0. The highest BCUT2D eigenvalue weighted by Gasteiger charge is 2.31. The second kappa shape index (κ2) is 26.5. The molecule has 594 valence electrons. The fourth-order valence-electron chi connectivity index (χ4n) is 24.0. The van der Waals surface area contributed by atoms with Crippen molar-refractivity contribution in [3.05, 3.63) is 425 Å². The van der Waals surface area contributed by atoms with E-state index in [4.69, 9.17) is 4.42 Å². The van der Waals surface area contributed by atoms with Crippen LogP contribution in [0.2, 0.25) is 0 Å². The molecule has 0 spiro atoms. The van der Waals surface area contributed by atoms with Crippen LogP contribution in [0.3, 0.4) is 0 Å². The maximum absolute atomic E-state index is 6.58. The number of hydrogen-bond donors (Lipinski definition) is 0. The van der Waals surface area contributed by atoms with E-state index in [2.05, 4.69) is 419 Å². The van der Waals surface area contributed by atoms with Crippen molar-refractivity contribution < 1.29 is 4.42 Å². The molecule has 2 heterocycles. The summed E-state index contributed by atoms with van der Waals surface area (Å²) in [6.07, 6.45) is 0. The molecule has 0 saturated heterocycles. The second-order valence-electron chi connectivity index (χ2n) is 36.0. The Kier molecular flexibility index (Phi) is 14.4. The van der Waals surface area contributed by atoms with Gasteiger partial charge >= 0.3 is 0 Å². The van der Waals surface area contributed by atoms with Gasteiger partial charge in [-0.2, -0.15) is 0 Å². The topological polar surface area (TPSA) is 13.1 Å². The zero-order valence-corrected chi connectivity index (χ0v) is 71.0. The Labute approximate surface area is 749 Å². The third-order valence-electron chi connectivity index (χ3n) is 29.6. The fraction of sp³-hybridized carbons (Fsp3) is 0. The molecule has 0 unspecified atom stereocenters. The van der Waals surface area contributed by atoms with E-state index in [9.17, 15) is 0 Å². The van der Waals surface area contributed by atoms with E-state index in [1.54, 1.807) is 0 Å². The Hall–Kier alpha value is -16.6. The van der Waals surface area contributed by atoms with E-state index in [0.717, 1.165) is 44.2 Å². The molecule has 30 rings (SSSR count). The molecule has 2 heteroatoms. The van der Waals surface area contributed by atoms with Crippen LogP contribution >= 0.6 is 11.3 Å². The summed E-state index contributed by atoms with van der Waals surface area (Å²) in [6.45, 7) is 0. The zero-order valence-electron chi connectivity index (χ0n) is 70.2. The maximum atomic E-state index is 6.58. The molecule has 2 aromatic heterocycles. The fourth-order valence-corrected chi connectivity index (χ4v) is 25.1. The van der Waals surface area contributed by atoms with Crippen molar-refractivity contribution in [1.82, 2.24) is 0 Å². The number of benzene rings is 24. The van der Waals surface area contributed by atoms with Crippen LogP contribution in [0.1, 0.15) is 0 Å². The molecule has 0 aliphatic carbocycles. The number of hydrogen-bond acceptors (Lipinski definition) is 2. The summed E-state index contributed by atoms with van der Waals surface area (Å²) >= 11 is 1.87. The highest BCUT2D eigenvalue weighted by atomic mass is 32.1. The van der Waals surface area contributed by atoms with Gasteiger partial charge in [0.05, 0.1) is 0 Å². The van der Waals surface area contributed by atoms with Crippen molar-refractivity contribution in [2.75, 3.05) is 0 Å². The zero-order chi connectivity index (χ0) is 84.4. The van der Waals surface area contributed by atoms with Crippen LogP contribution in [-0.4, -0.2) is 0 Å². The summed E-state index contributed by atoms with van der Waals surface area (Å²) in [4.78, 5) is 0. The van der Waals surface area contributed by atoms with E-state index in [1.807, 2.05) is 17.4 Å². The molecule has 30 aromatic rings. The van der Waals surface area contributed by atoms with Crippen molar-refractivity contribution in [2.45, 2.75) is 0 Å². The van der Waals surface area contributed by atoms with Gasteiger partial charge < -0.3 is 4.42 Å². The van der Waals surface area contributed by atoms with Gasteiger partial charge in [-0.25, -0.2) is 0 Å². The first-order valence-electron chi connectivity index (χ1n) is 45.2. The van der Waals surface area contributed by atoms with E-state index in [1.165, 1.54) is 270 Å². The summed E-state index contributed by atoms with van der Waals surface area (Å²) in [6, 6.07) is 162. The van der Waals surface area contributed by atoms with Gasteiger partial charge in [-0.05, 0) is 328 Å². The first kappa shape index (κ1) is 70.6. The molecule has 0 aliphatic rings. The van der Waals surface area contributed by atoms with Crippen LogP contribution in [0.4, 0.5) is 0 Å². The number of para-hydroxylation sites is 2. The third kappa shape index (κ3) is 9.79. The number of furan rings is 1. The molecule has 0 atom stereocenters. The van der Waals surface area contributed by atoms with Crippen molar-refractivity contribution in [3.8, 4) is 100 Å². The average molecular weight is 1660 g/mol. The van der Waals surface area contributed by atoms with Crippen molar-refractivity contribution in [3.63, 3.8) is 0 Å². The Balaban J connectivity index is 0.600. The third-order valence-corrected chi connectivity index (χ3v) is 30.7. The van der Waals surface area contributed by atoms with Crippen LogP contribution < -0.4 is 0 Å². The smallest absolute Gasteiger partial charge is 0.143 e. The second-order valence-corrected chi connectivity index (χ2v) is 37.1. The Morgan fingerprint density at radius 1 is 0.138 bits per heavy atom. The number of rotatable bonds is 9. The number of fused-ring (bicyclic) bond motifs is 24. The molecule has 28 aromatic carbocycles. The highest BCUT2D eigenvalue weighted by molar-refractivity contribution is 7.25. The van der Waals surface area contributed by atoms with Crippen LogP contribution in [0.5, 0.6) is 0 Å². The van der Waals surface area contributed by atoms with Gasteiger partial charge in [0, 0.05) is 36.5 Å². The summed E-state index contributed by atoms with van der Waals surface area (Å²) in [5.74, 6) is 0. The van der Waals surface area contributed by atoms with Gasteiger partial charge in [-0.15, -0.1) is 11.3 Å². The van der Waals surface area contributed by atoms with Crippen molar-refractivity contribution in [1.29, 1.82) is 0 Å². The molecule has 0 bridgehead atoms. The van der Waals surface area contributed by atoms with Gasteiger partial charge in [0.1, 0.15) is 11.2 Å². The molecule has 0 aliphatic heterocycles. The SMILES string of the molecule is c1ccc(-c2c3cc4c5ccccc5c5cccc(c3c(-c3ccc(-c6ccc(-c7c8cc9c%10ccccc%10c%10cccc(c8c(-c8ccccc8)c8c%11cccc%12c(-c%13ccc%14cc(-c%15cccc%16c%15oc%15ccccc%15%16)ccc%14c%13)ccc(c78)c%12%11)c%109)cc6)cc3)c3c6cccc7c(-c8ccc9cc(-c%10ccc%11sc%12ccccc%12c%11c%10)ccc9c8)ccc(c23)c76)c54)cc1. The Morgan fingerprint density at radius 3 is 1.00 bits per heavy atom. The van der Waals surface area contributed by atoms with Gasteiger partial charge in [0.2, 0.25) is 0 Å². The molecule has 0 radical (unpaired) electrons. The van der Waals surface area contributed by atoms with Gasteiger partial charge in [0.15, 0.2) is 0 Å². The molecular weight excluding hydrogens is 1590 g/mol. The minimum Gasteiger partial charge on any atom is -0.455 e.